The lowest BCUT2D eigenvalue weighted by molar-refractivity contribution is -0.0377. The van der Waals surface area contributed by atoms with E-state index in [4.69, 9.17) is 4.74 Å². The number of nitrogens with zero attached hydrogens (tertiary/aromatic N) is 2. The molecule has 1 N–H and O–H groups in total. The van der Waals surface area contributed by atoms with Crippen LogP contribution in [0.15, 0.2) is 6.07 Å². The number of hydrogen-bond donors (Lipinski definition) is 1. The van der Waals surface area contributed by atoms with Crippen LogP contribution in [-0.2, 0) is 24.1 Å². The van der Waals surface area contributed by atoms with Gasteiger partial charge in [0.25, 0.3) is 0 Å². The highest BCUT2D eigenvalue weighted by molar-refractivity contribution is 5.11. The molecular weight excluding hydrogens is 252 g/mol. The molecule has 1 unspecified atom stereocenters. The van der Waals surface area contributed by atoms with Crippen molar-refractivity contribution in [2.75, 3.05) is 6.61 Å². The van der Waals surface area contributed by atoms with E-state index in [1.54, 1.807) is 0 Å². The standard InChI is InChI=1S/C16H28N2O2/c1-4-13-10-14(18(5-2)17-13)11-15(19)7-12-8-16(9-12)20-6-3/h10,12,15-16,19H,4-9,11H2,1-3H3. The number of aliphatic hydroxyl groups excluding tert-OH is 1. The number of aryl methyl sites for hydroxylation is 2. The Morgan fingerprint density at radius 3 is 2.75 bits per heavy atom. The Kier molecular flexibility index (Phi) is 5.61. The van der Waals surface area contributed by atoms with E-state index in [0.29, 0.717) is 12.0 Å². The van der Waals surface area contributed by atoms with Gasteiger partial charge in [-0.1, -0.05) is 6.92 Å². The van der Waals surface area contributed by atoms with Crippen LogP contribution in [-0.4, -0.2) is 33.7 Å². The first kappa shape index (κ1) is 15.5. The molecule has 1 aliphatic rings. The lowest BCUT2D eigenvalue weighted by atomic mass is 9.78. The highest BCUT2D eigenvalue weighted by Crippen LogP contribution is 2.34. The SMILES string of the molecule is CCOC1CC(CC(O)Cc2cc(CC)nn2CC)C1. The quantitative estimate of drug-likeness (QED) is 0.796. The van der Waals surface area contributed by atoms with Crippen LogP contribution in [0, 0.1) is 5.92 Å². The van der Waals surface area contributed by atoms with Gasteiger partial charge in [0, 0.05) is 25.3 Å². The van der Waals surface area contributed by atoms with Crippen molar-refractivity contribution in [2.24, 2.45) is 5.92 Å². The van der Waals surface area contributed by atoms with Crippen molar-refractivity contribution in [3.8, 4) is 0 Å². The summed E-state index contributed by atoms with van der Waals surface area (Å²) in [7, 11) is 0. The summed E-state index contributed by atoms with van der Waals surface area (Å²) in [6, 6.07) is 2.14. The van der Waals surface area contributed by atoms with Crippen LogP contribution in [0.4, 0.5) is 0 Å². The number of ether oxygens (including phenoxy) is 1. The maximum Gasteiger partial charge on any atom is 0.0624 e. The van der Waals surface area contributed by atoms with Crippen LogP contribution < -0.4 is 0 Å². The van der Waals surface area contributed by atoms with E-state index >= 15 is 0 Å². The van der Waals surface area contributed by atoms with Crippen LogP contribution in [0.1, 0.15) is 51.4 Å². The second-order valence-electron chi connectivity index (χ2n) is 5.80. The predicted molar refractivity (Wildman–Crippen MR) is 79.7 cm³/mol. The molecule has 4 heteroatoms. The Hall–Kier alpha value is -0.870. The van der Waals surface area contributed by atoms with Crippen molar-refractivity contribution in [3.05, 3.63) is 17.5 Å². The number of hydrogen-bond acceptors (Lipinski definition) is 3. The van der Waals surface area contributed by atoms with E-state index < -0.39 is 0 Å². The lowest BCUT2D eigenvalue weighted by Gasteiger charge is -2.36. The van der Waals surface area contributed by atoms with Gasteiger partial charge in [0.1, 0.15) is 0 Å². The van der Waals surface area contributed by atoms with E-state index in [2.05, 4.69) is 25.0 Å². The zero-order valence-electron chi connectivity index (χ0n) is 13.0. The van der Waals surface area contributed by atoms with Gasteiger partial charge >= 0.3 is 0 Å². The van der Waals surface area contributed by atoms with E-state index in [0.717, 1.165) is 56.6 Å². The summed E-state index contributed by atoms with van der Waals surface area (Å²) >= 11 is 0. The Labute approximate surface area is 122 Å². The summed E-state index contributed by atoms with van der Waals surface area (Å²) in [5.41, 5.74) is 2.28. The Morgan fingerprint density at radius 2 is 2.15 bits per heavy atom. The molecule has 1 aromatic heterocycles. The third-order valence-corrected chi connectivity index (χ3v) is 4.22. The van der Waals surface area contributed by atoms with Crippen molar-refractivity contribution in [1.29, 1.82) is 0 Å². The molecule has 1 atom stereocenters. The molecule has 114 valence electrons. The van der Waals surface area contributed by atoms with Crippen LogP contribution in [0.3, 0.4) is 0 Å². The Balaban J connectivity index is 1.80. The minimum Gasteiger partial charge on any atom is -0.393 e. The fourth-order valence-electron chi connectivity index (χ4n) is 3.07. The van der Waals surface area contributed by atoms with Gasteiger partial charge in [0.2, 0.25) is 0 Å². The van der Waals surface area contributed by atoms with Gasteiger partial charge in [-0.2, -0.15) is 5.10 Å². The highest BCUT2D eigenvalue weighted by atomic mass is 16.5. The fourth-order valence-corrected chi connectivity index (χ4v) is 3.07. The Morgan fingerprint density at radius 1 is 1.40 bits per heavy atom. The van der Waals surface area contributed by atoms with Crippen LogP contribution in [0.5, 0.6) is 0 Å². The molecule has 0 radical (unpaired) electrons. The first-order valence-corrected chi connectivity index (χ1v) is 8.01. The molecule has 0 bridgehead atoms. The van der Waals surface area contributed by atoms with Crippen molar-refractivity contribution in [2.45, 2.75) is 71.6 Å². The van der Waals surface area contributed by atoms with Crippen LogP contribution >= 0.6 is 0 Å². The minimum atomic E-state index is -0.255. The number of rotatable bonds is 8. The largest absolute Gasteiger partial charge is 0.393 e. The molecule has 0 amide bonds. The smallest absolute Gasteiger partial charge is 0.0624 e. The topological polar surface area (TPSA) is 47.3 Å². The van der Waals surface area contributed by atoms with E-state index in [1.165, 1.54) is 0 Å². The maximum atomic E-state index is 10.3. The molecule has 4 nitrogen and oxygen atoms in total. The van der Waals surface area contributed by atoms with Gasteiger partial charge in [0.15, 0.2) is 0 Å². The summed E-state index contributed by atoms with van der Waals surface area (Å²) in [4.78, 5) is 0. The van der Waals surface area contributed by atoms with Gasteiger partial charge in [-0.15, -0.1) is 0 Å². The average Bonchev–Trinajstić information content (AvgIpc) is 2.78. The van der Waals surface area contributed by atoms with Crippen molar-refractivity contribution in [1.82, 2.24) is 9.78 Å². The second kappa shape index (κ2) is 7.23. The molecule has 2 rings (SSSR count). The normalized spacial score (nSPS) is 23.6. The van der Waals surface area contributed by atoms with Crippen LogP contribution in [0.2, 0.25) is 0 Å². The third-order valence-electron chi connectivity index (χ3n) is 4.22. The summed E-state index contributed by atoms with van der Waals surface area (Å²) in [6.07, 6.45) is 4.96. The predicted octanol–water partition coefficient (Wildman–Crippen LogP) is 2.57. The molecule has 1 aliphatic carbocycles. The zero-order valence-corrected chi connectivity index (χ0v) is 13.0. The Bertz CT molecular complexity index is 411. The molecule has 0 aromatic carbocycles. The molecule has 0 aliphatic heterocycles. The summed E-state index contributed by atoms with van der Waals surface area (Å²) in [5, 5.41) is 14.8. The highest BCUT2D eigenvalue weighted by Gasteiger charge is 2.31. The third kappa shape index (κ3) is 3.83. The lowest BCUT2D eigenvalue weighted by Crippen LogP contribution is -2.34. The number of aromatic nitrogens is 2. The monoisotopic (exact) mass is 280 g/mol. The molecule has 1 fully saturated rings. The average molecular weight is 280 g/mol. The van der Waals surface area contributed by atoms with Crippen molar-refractivity contribution < 1.29 is 9.84 Å². The second-order valence-corrected chi connectivity index (χ2v) is 5.80. The maximum absolute atomic E-state index is 10.3. The van der Waals surface area contributed by atoms with E-state index in [1.807, 2.05) is 11.6 Å². The van der Waals surface area contributed by atoms with E-state index in [-0.39, 0.29) is 6.10 Å². The van der Waals surface area contributed by atoms with Crippen molar-refractivity contribution >= 4 is 0 Å². The summed E-state index contributed by atoms with van der Waals surface area (Å²) < 4.78 is 7.59. The first-order chi connectivity index (χ1) is 9.66. The summed E-state index contributed by atoms with van der Waals surface area (Å²) in [6.45, 7) is 7.93. The van der Waals surface area contributed by atoms with E-state index in [9.17, 15) is 5.11 Å². The molecule has 20 heavy (non-hydrogen) atoms. The fraction of sp³-hybridized carbons (Fsp3) is 0.812. The van der Waals surface area contributed by atoms with Crippen molar-refractivity contribution in [3.63, 3.8) is 0 Å². The van der Waals surface area contributed by atoms with Gasteiger partial charge in [-0.05, 0) is 51.5 Å². The summed E-state index contributed by atoms with van der Waals surface area (Å²) in [5.74, 6) is 0.630. The molecule has 1 saturated carbocycles. The number of aliphatic hydroxyl groups is 1. The molecule has 0 saturated heterocycles. The zero-order chi connectivity index (χ0) is 14.5. The minimum absolute atomic E-state index is 0.255. The first-order valence-electron chi connectivity index (χ1n) is 8.01. The van der Waals surface area contributed by atoms with Gasteiger partial charge in [-0.25, -0.2) is 0 Å². The van der Waals surface area contributed by atoms with Gasteiger partial charge in [0.05, 0.1) is 17.9 Å². The molecule has 1 heterocycles. The van der Waals surface area contributed by atoms with Crippen LogP contribution in [0.25, 0.3) is 0 Å². The molecule has 0 spiro atoms. The van der Waals surface area contributed by atoms with Gasteiger partial charge < -0.3 is 9.84 Å². The molecule has 1 aromatic rings. The van der Waals surface area contributed by atoms with Gasteiger partial charge in [-0.3, -0.25) is 4.68 Å². The molecular formula is C16H28N2O2.